The summed E-state index contributed by atoms with van der Waals surface area (Å²) in [7, 11) is 4.23. The van der Waals surface area contributed by atoms with E-state index in [1.54, 1.807) is 11.3 Å². The van der Waals surface area contributed by atoms with Crippen molar-refractivity contribution < 1.29 is 0 Å². The van der Waals surface area contributed by atoms with Crippen LogP contribution in [-0.4, -0.2) is 37.1 Å². The number of hydrogen-bond donors (Lipinski definition) is 1. The maximum atomic E-state index is 4.75. The molecule has 4 rings (SSSR count). The van der Waals surface area contributed by atoms with Crippen LogP contribution in [0, 0.1) is 0 Å². The van der Waals surface area contributed by atoms with Crippen molar-refractivity contribution in [2.75, 3.05) is 32.5 Å². The molecule has 0 fully saturated rings. The molecule has 0 radical (unpaired) electrons. The van der Waals surface area contributed by atoms with Crippen molar-refractivity contribution in [2.45, 2.75) is 6.42 Å². The van der Waals surface area contributed by atoms with Gasteiger partial charge in [-0.15, -0.1) is 11.3 Å². The van der Waals surface area contributed by atoms with Crippen molar-refractivity contribution >= 4 is 27.9 Å². The summed E-state index contributed by atoms with van der Waals surface area (Å²) in [5.74, 6) is 0. The molecule has 3 nitrogen and oxygen atoms in total. The van der Waals surface area contributed by atoms with Gasteiger partial charge in [0, 0.05) is 28.6 Å². The first-order valence-electron chi connectivity index (χ1n) is 9.63. The first-order valence-corrected chi connectivity index (χ1v) is 10.5. The minimum absolute atomic E-state index is 0.936. The molecule has 0 bridgehead atoms. The Morgan fingerprint density at radius 1 is 0.964 bits per heavy atom. The number of nitrogens with one attached hydrogen (secondary N) is 1. The molecular formula is C24H25N3S. The molecule has 28 heavy (non-hydrogen) atoms. The van der Waals surface area contributed by atoms with Crippen molar-refractivity contribution in [1.82, 2.24) is 9.88 Å². The van der Waals surface area contributed by atoms with Crippen LogP contribution in [0.1, 0.15) is 6.42 Å². The topological polar surface area (TPSA) is 28.2 Å². The minimum Gasteiger partial charge on any atom is -0.384 e. The van der Waals surface area contributed by atoms with Gasteiger partial charge in [-0.3, -0.25) is 4.98 Å². The Morgan fingerprint density at radius 3 is 2.57 bits per heavy atom. The van der Waals surface area contributed by atoms with Crippen LogP contribution in [0.25, 0.3) is 32.5 Å². The Hall–Kier alpha value is -2.69. The molecule has 2 aromatic carbocycles. The van der Waals surface area contributed by atoms with Crippen molar-refractivity contribution in [3.05, 3.63) is 72.2 Å². The molecule has 0 amide bonds. The Balaban J connectivity index is 1.78. The predicted molar refractivity (Wildman–Crippen MR) is 122 cm³/mol. The fourth-order valence-corrected chi connectivity index (χ4v) is 4.16. The van der Waals surface area contributed by atoms with E-state index in [0.29, 0.717) is 0 Å². The second-order valence-electron chi connectivity index (χ2n) is 7.21. The van der Waals surface area contributed by atoms with E-state index in [0.717, 1.165) is 25.0 Å². The van der Waals surface area contributed by atoms with Crippen molar-refractivity contribution in [3.63, 3.8) is 0 Å². The molecule has 0 aliphatic rings. The first kappa shape index (κ1) is 18.7. The summed E-state index contributed by atoms with van der Waals surface area (Å²) in [4.78, 5) is 8.21. The highest BCUT2D eigenvalue weighted by molar-refractivity contribution is 7.13. The van der Waals surface area contributed by atoms with E-state index in [-0.39, 0.29) is 0 Å². The van der Waals surface area contributed by atoms with Crippen LogP contribution in [0.5, 0.6) is 0 Å². The van der Waals surface area contributed by atoms with Crippen molar-refractivity contribution in [2.24, 2.45) is 0 Å². The molecule has 4 aromatic rings. The van der Waals surface area contributed by atoms with Gasteiger partial charge >= 0.3 is 0 Å². The van der Waals surface area contributed by atoms with Crippen LogP contribution < -0.4 is 5.32 Å². The Bertz CT molecular complexity index is 1040. The second kappa shape index (κ2) is 8.55. The number of thiophene rings is 1. The van der Waals surface area contributed by atoms with Crippen molar-refractivity contribution in [1.29, 1.82) is 0 Å². The van der Waals surface area contributed by atoms with E-state index in [4.69, 9.17) is 4.98 Å². The van der Waals surface area contributed by atoms with Gasteiger partial charge in [0.25, 0.3) is 0 Å². The highest BCUT2D eigenvalue weighted by Gasteiger charge is 2.12. The molecule has 2 aromatic heterocycles. The first-order chi connectivity index (χ1) is 13.7. The molecule has 0 atom stereocenters. The van der Waals surface area contributed by atoms with Gasteiger partial charge in [-0.1, -0.05) is 42.5 Å². The summed E-state index contributed by atoms with van der Waals surface area (Å²) in [6, 6.07) is 21.3. The van der Waals surface area contributed by atoms with E-state index < -0.39 is 0 Å². The zero-order chi connectivity index (χ0) is 19.3. The lowest BCUT2D eigenvalue weighted by Gasteiger charge is -2.16. The number of benzene rings is 2. The van der Waals surface area contributed by atoms with Crippen LogP contribution >= 0.6 is 11.3 Å². The van der Waals surface area contributed by atoms with E-state index in [1.807, 2.05) is 6.20 Å². The number of pyridine rings is 1. The fourth-order valence-electron chi connectivity index (χ4n) is 3.42. The lowest BCUT2D eigenvalue weighted by atomic mass is 10.0. The van der Waals surface area contributed by atoms with Gasteiger partial charge in [0.2, 0.25) is 0 Å². The Morgan fingerprint density at radius 2 is 1.82 bits per heavy atom. The predicted octanol–water partition coefficient (Wildman–Crippen LogP) is 5.99. The molecule has 0 spiro atoms. The number of fused-ring (bicyclic) bond motifs is 1. The molecule has 0 aliphatic heterocycles. The fraction of sp³-hybridized carbons (Fsp3) is 0.208. The standard InChI is InChI=1S/C24H25N3S/c1-27(2)14-7-13-25-24-20-16-19(18-8-4-3-5-9-18)11-12-22(20)26-17-21(24)23-10-6-15-28-23/h3-6,8-12,15-17H,7,13-14H2,1-2H3,(H,25,26). The number of aromatic nitrogens is 1. The third kappa shape index (κ3) is 4.08. The van der Waals surface area contributed by atoms with E-state index >= 15 is 0 Å². The Labute approximate surface area is 170 Å². The molecule has 0 saturated heterocycles. The SMILES string of the molecule is CN(C)CCCNc1c(-c2cccs2)cnc2ccc(-c3ccccc3)cc12. The molecule has 142 valence electrons. The van der Waals surface area contributed by atoms with Gasteiger partial charge in [0.05, 0.1) is 11.2 Å². The number of nitrogens with zero attached hydrogens (tertiary/aromatic N) is 2. The quantitative estimate of drug-likeness (QED) is 0.395. The highest BCUT2D eigenvalue weighted by atomic mass is 32.1. The summed E-state index contributed by atoms with van der Waals surface area (Å²) < 4.78 is 0. The number of anilines is 1. The molecule has 1 N–H and O–H groups in total. The zero-order valence-electron chi connectivity index (χ0n) is 16.4. The lowest BCUT2D eigenvalue weighted by Crippen LogP contribution is -2.16. The number of hydrogen-bond acceptors (Lipinski definition) is 4. The largest absolute Gasteiger partial charge is 0.384 e. The summed E-state index contributed by atoms with van der Waals surface area (Å²) in [5.41, 5.74) is 5.83. The normalized spacial score (nSPS) is 11.2. The summed E-state index contributed by atoms with van der Waals surface area (Å²) in [6.07, 6.45) is 3.10. The summed E-state index contributed by atoms with van der Waals surface area (Å²) in [5, 5.41) is 7.02. The van der Waals surface area contributed by atoms with Gasteiger partial charge in [0.15, 0.2) is 0 Å². The van der Waals surface area contributed by atoms with Crippen LogP contribution in [0.15, 0.2) is 72.2 Å². The lowest BCUT2D eigenvalue weighted by molar-refractivity contribution is 0.405. The molecule has 2 heterocycles. The molecule has 0 unspecified atom stereocenters. The van der Waals surface area contributed by atoms with Gasteiger partial charge in [-0.2, -0.15) is 0 Å². The number of rotatable bonds is 7. The van der Waals surface area contributed by atoms with Crippen LogP contribution in [0.4, 0.5) is 5.69 Å². The maximum absolute atomic E-state index is 4.75. The second-order valence-corrected chi connectivity index (χ2v) is 8.15. The van der Waals surface area contributed by atoms with E-state index in [9.17, 15) is 0 Å². The smallest absolute Gasteiger partial charge is 0.0723 e. The van der Waals surface area contributed by atoms with Crippen molar-refractivity contribution in [3.8, 4) is 21.6 Å². The molecule has 4 heteroatoms. The maximum Gasteiger partial charge on any atom is 0.0723 e. The average molecular weight is 388 g/mol. The molecule has 0 saturated carbocycles. The highest BCUT2D eigenvalue weighted by Crippen LogP contribution is 2.37. The minimum atomic E-state index is 0.936. The zero-order valence-corrected chi connectivity index (χ0v) is 17.2. The monoisotopic (exact) mass is 387 g/mol. The van der Waals surface area contributed by atoms with E-state index in [1.165, 1.54) is 32.6 Å². The van der Waals surface area contributed by atoms with Gasteiger partial charge in [0.1, 0.15) is 0 Å². The van der Waals surface area contributed by atoms with Crippen LogP contribution in [-0.2, 0) is 0 Å². The molecule has 0 aliphatic carbocycles. The van der Waals surface area contributed by atoms with Gasteiger partial charge < -0.3 is 10.2 Å². The van der Waals surface area contributed by atoms with Crippen LogP contribution in [0.3, 0.4) is 0 Å². The third-order valence-electron chi connectivity index (χ3n) is 4.85. The molecular weight excluding hydrogens is 362 g/mol. The van der Waals surface area contributed by atoms with Gasteiger partial charge in [-0.05, 0) is 61.8 Å². The van der Waals surface area contributed by atoms with Crippen LogP contribution in [0.2, 0.25) is 0 Å². The summed E-state index contributed by atoms with van der Waals surface area (Å²) in [6.45, 7) is 2.00. The average Bonchev–Trinajstić information content (AvgIpc) is 3.26. The third-order valence-corrected chi connectivity index (χ3v) is 5.75. The van der Waals surface area contributed by atoms with Gasteiger partial charge in [-0.25, -0.2) is 0 Å². The van der Waals surface area contributed by atoms with E-state index in [2.05, 4.69) is 90.4 Å². The summed E-state index contributed by atoms with van der Waals surface area (Å²) >= 11 is 1.76. The Kier molecular flexibility index (Phi) is 5.70.